The first-order valence-corrected chi connectivity index (χ1v) is 6.38. The topological polar surface area (TPSA) is 23.5 Å². The number of aliphatic hydroxyl groups is 1. The van der Waals surface area contributed by atoms with Gasteiger partial charge in [0.1, 0.15) is 11.6 Å². The Morgan fingerprint density at radius 3 is 2.30 bits per heavy atom. The molecular weight excluding hydrogens is 260 g/mol. The van der Waals surface area contributed by atoms with Crippen molar-refractivity contribution in [3.63, 3.8) is 0 Å². The van der Waals surface area contributed by atoms with E-state index in [1.807, 2.05) is 0 Å². The summed E-state index contributed by atoms with van der Waals surface area (Å²) in [6.07, 6.45) is -0.839. The zero-order valence-electron chi connectivity index (χ0n) is 11.7. The number of nitrogens with zero attached hydrogens (tertiary/aromatic N) is 1. The Kier molecular flexibility index (Phi) is 4.04. The van der Waals surface area contributed by atoms with Crippen LogP contribution < -0.4 is 4.90 Å². The summed E-state index contributed by atoms with van der Waals surface area (Å²) in [5.41, 5.74) is 1.84. The maximum Gasteiger partial charge on any atom is 0.146 e. The van der Waals surface area contributed by atoms with Crippen LogP contribution in [-0.4, -0.2) is 12.2 Å². The molecule has 2 rings (SSSR count). The van der Waals surface area contributed by atoms with Crippen molar-refractivity contribution in [3.8, 4) is 0 Å². The fraction of sp³-hybridized carbons (Fsp3) is 0.250. The standard InChI is InChI=1S/C16H17F2NO/c1-10-8-16(12(11(2)20)9-14(10)18)19(3)15-7-5-4-6-13(15)17/h4-9,11,20H,1-3H3/t11-/m1/s1. The van der Waals surface area contributed by atoms with Crippen molar-refractivity contribution in [1.29, 1.82) is 0 Å². The fourth-order valence-corrected chi connectivity index (χ4v) is 2.16. The molecule has 1 atom stereocenters. The van der Waals surface area contributed by atoms with Crippen LogP contribution in [0.15, 0.2) is 36.4 Å². The third-order valence-electron chi connectivity index (χ3n) is 3.33. The third kappa shape index (κ3) is 2.65. The largest absolute Gasteiger partial charge is 0.389 e. The first-order chi connectivity index (χ1) is 9.41. The van der Waals surface area contributed by atoms with Crippen molar-refractivity contribution in [3.05, 3.63) is 59.2 Å². The van der Waals surface area contributed by atoms with Crippen molar-refractivity contribution in [2.24, 2.45) is 0 Å². The van der Waals surface area contributed by atoms with Crippen LogP contribution in [0.5, 0.6) is 0 Å². The van der Waals surface area contributed by atoms with E-state index in [4.69, 9.17) is 0 Å². The highest BCUT2D eigenvalue weighted by atomic mass is 19.1. The van der Waals surface area contributed by atoms with E-state index in [1.54, 1.807) is 50.1 Å². The Bertz CT molecular complexity index is 626. The van der Waals surface area contributed by atoms with Gasteiger partial charge in [0.05, 0.1) is 11.8 Å². The molecule has 4 heteroatoms. The summed E-state index contributed by atoms with van der Waals surface area (Å²) in [7, 11) is 1.69. The van der Waals surface area contributed by atoms with Crippen molar-refractivity contribution in [1.82, 2.24) is 0 Å². The zero-order chi connectivity index (χ0) is 14.9. The second-order valence-electron chi connectivity index (χ2n) is 4.85. The second kappa shape index (κ2) is 5.59. The summed E-state index contributed by atoms with van der Waals surface area (Å²) < 4.78 is 27.5. The van der Waals surface area contributed by atoms with Crippen LogP contribution in [-0.2, 0) is 0 Å². The van der Waals surface area contributed by atoms with Gasteiger partial charge in [-0.1, -0.05) is 12.1 Å². The number of hydrogen-bond donors (Lipinski definition) is 1. The van der Waals surface area contributed by atoms with Gasteiger partial charge >= 0.3 is 0 Å². The van der Waals surface area contributed by atoms with Crippen LogP contribution in [0, 0.1) is 18.6 Å². The van der Waals surface area contributed by atoms with Crippen molar-refractivity contribution in [2.75, 3.05) is 11.9 Å². The number of para-hydroxylation sites is 1. The SMILES string of the molecule is Cc1cc(N(C)c2ccccc2F)c([C@@H](C)O)cc1F. The first kappa shape index (κ1) is 14.5. The fourth-order valence-electron chi connectivity index (χ4n) is 2.16. The van der Waals surface area contributed by atoms with Gasteiger partial charge in [-0.15, -0.1) is 0 Å². The molecule has 0 saturated heterocycles. The molecule has 0 radical (unpaired) electrons. The Morgan fingerprint density at radius 2 is 1.70 bits per heavy atom. The maximum absolute atomic E-state index is 13.9. The van der Waals surface area contributed by atoms with Gasteiger partial charge in [-0.25, -0.2) is 8.78 Å². The van der Waals surface area contributed by atoms with Gasteiger partial charge in [-0.2, -0.15) is 0 Å². The molecule has 0 fully saturated rings. The summed E-state index contributed by atoms with van der Waals surface area (Å²) in [5.74, 6) is -0.750. The molecular formula is C16H17F2NO. The van der Waals surface area contributed by atoms with Crippen LogP contribution in [0.25, 0.3) is 0 Å². The van der Waals surface area contributed by atoms with Crippen LogP contribution in [0.1, 0.15) is 24.2 Å². The molecule has 0 unspecified atom stereocenters. The number of anilines is 2. The molecule has 0 amide bonds. The Hall–Kier alpha value is -1.94. The van der Waals surface area contributed by atoms with Gasteiger partial charge in [0.25, 0.3) is 0 Å². The van der Waals surface area contributed by atoms with Crippen LogP contribution in [0.3, 0.4) is 0 Å². The highest BCUT2D eigenvalue weighted by Gasteiger charge is 2.17. The van der Waals surface area contributed by atoms with Gasteiger partial charge in [0, 0.05) is 18.3 Å². The summed E-state index contributed by atoms with van der Waals surface area (Å²) in [4.78, 5) is 1.61. The average molecular weight is 277 g/mol. The molecule has 0 aliphatic rings. The number of benzene rings is 2. The molecule has 2 aromatic carbocycles. The lowest BCUT2D eigenvalue weighted by Gasteiger charge is -2.25. The van der Waals surface area contributed by atoms with Gasteiger partial charge < -0.3 is 10.0 Å². The molecule has 0 spiro atoms. The molecule has 20 heavy (non-hydrogen) atoms. The molecule has 0 saturated carbocycles. The van der Waals surface area contributed by atoms with E-state index in [0.29, 0.717) is 22.5 Å². The van der Waals surface area contributed by atoms with E-state index < -0.39 is 6.10 Å². The predicted molar refractivity (Wildman–Crippen MR) is 76.2 cm³/mol. The van der Waals surface area contributed by atoms with E-state index in [-0.39, 0.29) is 11.6 Å². The Balaban J connectivity index is 2.57. The van der Waals surface area contributed by atoms with Gasteiger partial charge in [0.15, 0.2) is 0 Å². The van der Waals surface area contributed by atoms with Crippen LogP contribution >= 0.6 is 0 Å². The molecule has 0 aliphatic heterocycles. The molecule has 0 aliphatic carbocycles. The minimum Gasteiger partial charge on any atom is -0.389 e. The van der Waals surface area contributed by atoms with Gasteiger partial charge in [-0.3, -0.25) is 0 Å². The summed E-state index contributed by atoms with van der Waals surface area (Å²) in [5, 5.41) is 9.80. The Labute approximate surface area is 117 Å². The van der Waals surface area contributed by atoms with Crippen LogP contribution in [0.2, 0.25) is 0 Å². The predicted octanol–water partition coefficient (Wildman–Crippen LogP) is 4.09. The smallest absolute Gasteiger partial charge is 0.146 e. The quantitative estimate of drug-likeness (QED) is 0.913. The number of aliphatic hydroxyl groups excluding tert-OH is 1. The number of hydrogen-bond acceptors (Lipinski definition) is 2. The molecule has 1 N–H and O–H groups in total. The number of halogens is 2. The number of aryl methyl sites for hydroxylation is 1. The highest BCUT2D eigenvalue weighted by molar-refractivity contribution is 5.67. The third-order valence-corrected chi connectivity index (χ3v) is 3.33. The van der Waals surface area contributed by atoms with E-state index in [9.17, 15) is 13.9 Å². The molecule has 0 aromatic heterocycles. The lowest BCUT2D eigenvalue weighted by Crippen LogP contribution is -2.15. The minimum absolute atomic E-state index is 0.367. The van der Waals surface area contributed by atoms with Crippen LogP contribution in [0.4, 0.5) is 20.2 Å². The van der Waals surface area contributed by atoms with Crippen molar-refractivity contribution < 1.29 is 13.9 Å². The highest BCUT2D eigenvalue weighted by Crippen LogP contribution is 2.33. The lowest BCUT2D eigenvalue weighted by molar-refractivity contribution is 0.199. The second-order valence-corrected chi connectivity index (χ2v) is 4.85. The Morgan fingerprint density at radius 1 is 1.05 bits per heavy atom. The van der Waals surface area contributed by atoms with Crippen molar-refractivity contribution >= 4 is 11.4 Å². The molecule has 0 heterocycles. The summed E-state index contributed by atoms with van der Waals surface area (Å²) in [6, 6.07) is 9.26. The molecule has 2 aromatic rings. The molecule has 106 valence electrons. The lowest BCUT2D eigenvalue weighted by atomic mass is 10.0. The zero-order valence-corrected chi connectivity index (χ0v) is 11.7. The normalized spacial score (nSPS) is 12.3. The number of rotatable bonds is 3. The van der Waals surface area contributed by atoms with Gasteiger partial charge in [0.2, 0.25) is 0 Å². The maximum atomic E-state index is 13.9. The average Bonchev–Trinajstić information content (AvgIpc) is 2.41. The van der Waals surface area contributed by atoms with E-state index in [1.165, 1.54) is 12.1 Å². The van der Waals surface area contributed by atoms with E-state index >= 15 is 0 Å². The molecule has 0 bridgehead atoms. The van der Waals surface area contributed by atoms with Gasteiger partial charge in [-0.05, 0) is 43.7 Å². The molecule has 2 nitrogen and oxygen atoms in total. The van der Waals surface area contributed by atoms with E-state index in [2.05, 4.69) is 0 Å². The van der Waals surface area contributed by atoms with E-state index in [0.717, 1.165) is 0 Å². The van der Waals surface area contributed by atoms with Crippen molar-refractivity contribution in [2.45, 2.75) is 20.0 Å². The summed E-state index contributed by atoms with van der Waals surface area (Å²) >= 11 is 0. The first-order valence-electron chi connectivity index (χ1n) is 6.38. The minimum atomic E-state index is -0.839. The monoisotopic (exact) mass is 277 g/mol. The summed E-state index contributed by atoms with van der Waals surface area (Å²) in [6.45, 7) is 3.20.